The van der Waals surface area contributed by atoms with Gasteiger partial charge in [-0.1, -0.05) is 151 Å². The van der Waals surface area contributed by atoms with Crippen LogP contribution in [-0.4, -0.2) is 97.0 Å². The predicted molar refractivity (Wildman–Crippen MR) is 530 cm³/mol. The fraction of sp³-hybridized carbons (Fsp3) is 0.0303. The van der Waals surface area contributed by atoms with Crippen LogP contribution in [0.4, 0.5) is 0 Å². The van der Waals surface area contributed by atoms with Gasteiger partial charge in [-0.2, -0.15) is 0 Å². The number of aryl methyl sites for hydroxylation is 3. The second-order valence-corrected chi connectivity index (χ2v) is 50.3. The van der Waals surface area contributed by atoms with Crippen LogP contribution in [0.3, 0.4) is 0 Å². The Morgan fingerprint density at radius 2 is 0.697 bits per heavy atom. The summed E-state index contributed by atoms with van der Waals surface area (Å²) in [6, 6.07) is 115. The van der Waals surface area contributed by atoms with Gasteiger partial charge in [0.05, 0.1) is 33.1 Å². The van der Waals surface area contributed by atoms with Crippen LogP contribution in [0.15, 0.2) is 315 Å². The summed E-state index contributed by atoms with van der Waals surface area (Å²) in [5.41, 5.74) is 35.3. The maximum absolute atomic E-state index is 6.61. The van der Waals surface area contributed by atoms with E-state index >= 15 is 0 Å². The Balaban J connectivity index is 0.0000000798. The van der Waals surface area contributed by atoms with E-state index in [1.807, 2.05) is 5.30 Å². The molecule has 0 saturated carbocycles. The molecule has 9 nitrogen and oxygen atoms in total. The number of benzene rings is 16. The van der Waals surface area contributed by atoms with Crippen molar-refractivity contribution in [1.82, 2.24) is 23.1 Å². The zero-order valence-electron chi connectivity index (χ0n) is 67.6. The first-order valence-electron chi connectivity index (χ1n) is 44.2. The molecule has 19 heterocycles. The van der Waals surface area contributed by atoms with Gasteiger partial charge in [0.1, 0.15) is 34.5 Å². The molecule has 23 heteroatoms. The van der Waals surface area contributed by atoms with Gasteiger partial charge in [-0.05, 0) is 172 Å². The molecule has 0 unspecified atom stereocenters. The van der Waals surface area contributed by atoms with E-state index < -0.39 is 12.7 Å². The summed E-state index contributed by atoms with van der Waals surface area (Å²) < 4.78 is 35.7. The first kappa shape index (κ1) is 66.3. The SMILES string of the molecule is Cc1cc2c3c4c1c1ccccc1n4-c1ccccc1B3c1ccccc1O2.Cc1ccc2c(c1)c1ccc3c4c1n2-c1ccccc1B4c1ccccc1O3.Cc1ccc2c3ccc4c5c3n(c2c1)-c1ccccc1B5c1ccccc1O4.[B]1B2B3[BH2-]P123NP12(c3cccc4c3c3ccc5c6c3n4-c3ccccc3B6c3ccccc3O5)B3[BH2-]B1B32. The number of nitrogens with one attached hydrogen (secondary N) is 1. The molecule has 7 saturated heterocycles. The number of aromatic nitrogens is 4. The van der Waals surface area contributed by atoms with Crippen molar-refractivity contribution in [2.24, 2.45) is 0 Å². The van der Waals surface area contributed by atoms with Crippen molar-refractivity contribution in [3.63, 3.8) is 0 Å². The molecule has 0 amide bonds. The van der Waals surface area contributed by atoms with Gasteiger partial charge in [-0.25, -0.2) is 0 Å². The molecule has 4 aromatic heterocycles. The third kappa shape index (κ3) is 7.64. The van der Waals surface area contributed by atoms with Crippen molar-refractivity contribution in [2.45, 2.75) is 20.8 Å². The van der Waals surface area contributed by atoms with Gasteiger partial charge in [0, 0.05) is 49.4 Å². The van der Waals surface area contributed by atoms with Crippen LogP contribution in [0.25, 0.3) is 110 Å². The van der Waals surface area contributed by atoms with E-state index in [4.69, 9.17) is 23.8 Å². The zero-order chi connectivity index (χ0) is 79.2. The molecule has 1 N–H and O–H groups in total. The van der Waals surface area contributed by atoms with E-state index in [9.17, 15) is 0 Å². The third-order valence-corrected chi connectivity index (χ3v) is 51.3. The van der Waals surface area contributed by atoms with Gasteiger partial charge in [0.15, 0.2) is 0 Å². The van der Waals surface area contributed by atoms with Crippen LogP contribution >= 0.6 is 12.7 Å². The van der Waals surface area contributed by atoms with Crippen LogP contribution in [-0.2, 0) is 0 Å². The van der Waals surface area contributed by atoms with Gasteiger partial charge in [-0.15, -0.1) is 0 Å². The molecule has 1 radical (unpaired) electrons. The summed E-state index contributed by atoms with van der Waals surface area (Å²) >= 11 is 0. The van der Waals surface area contributed by atoms with E-state index in [0.717, 1.165) is 70.9 Å². The number of ether oxygens (including phenoxy) is 4. The van der Waals surface area contributed by atoms with Gasteiger partial charge in [-0.3, -0.25) is 0 Å². The minimum atomic E-state index is -1.87. The molecule has 0 aliphatic carbocycles. The molecular formula is C99H66B12N5O4P2-2. The van der Waals surface area contributed by atoms with Crippen LogP contribution in [0, 0.1) is 20.8 Å². The van der Waals surface area contributed by atoms with Gasteiger partial charge < -0.3 is 27.9 Å². The normalized spacial score (nSPS) is 17.6. The standard InChI is InChI=1S/3C25H16BNO.C24H18B9N2OP2/c1-15-14-22-24-25-23(15)16-8-2-5-11-19(16)27(25)20-12-6-3-9-17(20)26(24)18-10-4-7-13-21(18)28-22;1-15-10-12-20-17(14-15)16-11-13-23-24-25(16)27(20)21-8-4-2-6-18(21)26(24)19-7-3-5-9-22(19)28-23;1-15-10-11-16-17-12-13-23-24-25(17)27(21(16)14-15)20-8-4-2-6-18(20)26(24)19-7-3-5-9-22(19)28-23;1-3-8-17-15(6-1)28-16-7-2-4-10-19(16)36-20-13-12-14-22-18(35(17)24(14)23(20)28)9-5-11-21(22)37(29-25-30(37)33(29)37)34-38-26-31(38)32(38)27-38/h3*2-14H,1H3;1-13,34H,25-26H2/q;;;-2. The van der Waals surface area contributed by atoms with Crippen LogP contribution < -0.4 is 94.7 Å². The summed E-state index contributed by atoms with van der Waals surface area (Å²) in [5, 5.41) is 12.8. The molecule has 35 rings (SSSR count). The van der Waals surface area contributed by atoms with Crippen LogP contribution in [0.2, 0.25) is 0 Å². The summed E-state index contributed by atoms with van der Waals surface area (Å²) in [5.74, 6) is 7.90. The minimum absolute atomic E-state index is 0.205. The average molecular weight is 1580 g/mol. The quantitative estimate of drug-likeness (QED) is 0.141. The fourth-order valence-electron chi connectivity index (χ4n) is 27.9. The molecule has 15 aliphatic rings. The van der Waals surface area contributed by atoms with Gasteiger partial charge >= 0.3 is 225 Å². The Kier molecular flexibility index (Phi) is 12.0. The maximum atomic E-state index is 6.61. The number of fused-ring (bicyclic) bond motifs is 33. The molecule has 7 fully saturated rings. The molecule has 15 aliphatic heterocycles. The van der Waals surface area contributed by atoms with Crippen molar-refractivity contribution in [2.75, 3.05) is 0 Å². The molecular weight excluding hydrogens is 1510 g/mol. The van der Waals surface area contributed by atoms with E-state index in [1.165, 1.54) is 193 Å². The third-order valence-electron chi connectivity index (χ3n) is 33.4. The monoisotopic (exact) mass is 1580 g/mol. The number of nitrogens with zero attached hydrogens (tertiary/aromatic N) is 4. The summed E-state index contributed by atoms with van der Waals surface area (Å²) in [7, 11) is 0.299. The fourth-order valence-corrected chi connectivity index (χ4v) is 53.2. The molecule has 20 aromatic rings. The first-order valence-corrected chi connectivity index (χ1v) is 49.6. The van der Waals surface area contributed by atoms with Crippen LogP contribution in [0.5, 0.6) is 46.0 Å². The molecule has 2 bridgehead atoms. The topological polar surface area (TPSA) is 68.7 Å². The van der Waals surface area contributed by atoms with Crippen molar-refractivity contribution < 1.29 is 18.9 Å². The van der Waals surface area contributed by atoms with E-state index in [0.29, 0.717) is 14.0 Å². The summed E-state index contributed by atoms with van der Waals surface area (Å²) in [4.78, 5) is 4.86. The van der Waals surface area contributed by atoms with E-state index in [-0.39, 0.29) is 26.9 Å². The van der Waals surface area contributed by atoms with E-state index in [1.54, 1.807) is 5.39 Å². The Hall–Kier alpha value is -12.5. The van der Waals surface area contributed by atoms with Gasteiger partial charge in [0.2, 0.25) is 0 Å². The molecule has 559 valence electrons. The Bertz CT molecular complexity index is 8360. The summed E-state index contributed by atoms with van der Waals surface area (Å²) in [6.45, 7) is 10.6. The Labute approximate surface area is 708 Å². The number of para-hydroxylation sites is 9. The molecule has 0 atom stereocenters. The second kappa shape index (κ2) is 22.1. The Morgan fingerprint density at radius 3 is 1.20 bits per heavy atom. The number of hydrogen-bond acceptors (Lipinski definition) is 5. The second-order valence-electron chi connectivity index (χ2n) is 38.3. The predicted octanol–water partition coefficient (Wildman–Crippen LogP) is 12.1. The first-order chi connectivity index (χ1) is 60.1. The average Bonchev–Trinajstić information content (AvgIpc) is 1.33. The molecule has 16 aromatic carbocycles. The van der Waals surface area contributed by atoms with Crippen molar-refractivity contribution in [3.8, 4) is 68.7 Å². The van der Waals surface area contributed by atoms with E-state index in [2.05, 4.69) is 361 Å². The molecule has 122 heavy (non-hydrogen) atoms. The van der Waals surface area contributed by atoms with Crippen molar-refractivity contribution in [3.05, 3.63) is 332 Å². The Morgan fingerprint density at radius 1 is 0.303 bits per heavy atom. The number of hydrogen-bond donors (Lipinski definition) is 1. The van der Waals surface area contributed by atoms with Crippen LogP contribution in [0.1, 0.15) is 16.7 Å². The van der Waals surface area contributed by atoms with Crippen molar-refractivity contribution >= 4 is 250 Å². The summed E-state index contributed by atoms with van der Waals surface area (Å²) in [6.07, 6.45) is 2.55. The number of rotatable bonds is 3. The molecule has 1 spiro atoms. The zero-order valence-corrected chi connectivity index (χ0v) is 69.4. The van der Waals surface area contributed by atoms with Gasteiger partial charge in [0.25, 0.3) is 20.1 Å². The van der Waals surface area contributed by atoms with Crippen molar-refractivity contribution in [1.29, 1.82) is 0 Å².